The third kappa shape index (κ3) is 3.92. The molecule has 0 unspecified atom stereocenters. The van der Waals surface area contributed by atoms with Crippen molar-refractivity contribution < 1.29 is 23.1 Å². The summed E-state index contributed by atoms with van der Waals surface area (Å²) in [4.78, 5) is 35.3. The van der Waals surface area contributed by atoms with Crippen LogP contribution in [-0.2, 0) is 20.9 Å². The first-order valence-electron chi connectivity index (χ1n) is 7.32. The first kappa shape index (κ1) is 16.4. The van der Waals surface area contributed by atoms with Gasteiger partial charge in [-0.3, -0.25) is 14.2 Å². The maximum atomic E-state index is 13.0. The molecule has 8 heteroatoms. The zero-order valence-electron chi connectivity index (χ0n) is 12.9. The van der Waals surface area contributed by atoms with Gasteiger partial charge in [-0.15, -0.1) is 0 Å². The van der Waals surface area contributed by atoms with Crippen LogP contribution in [0.2, 0.25) is 0 Å². The molecular weight excluding hydrogens is 331 g/mol. The number of nitrogens with one attached hydrogen (secondary N) is 1. The summed E-state index contributed by atoms with van der Waals surface area (Å²) in [6.07, 6.45) is 0. The van der Waals surface area contributed by atoms with Crippen molar-refractivity contribution in [2.45, 2.75) is 6.54 Å². The van der Waals surface area contributed by atoms with Gasteiger partial charge in [0.25, 0.3) is 5.91 Å². The molecule has 0 radical (unpaired) electrons. The lowest BCUT2D eigenvalue weighted by atomic mass is 10.3. The molecular formula is C17H13FN2O5. The summed E-state index contributed by atoms with van der Waals surface area (Å²) in [7, 11) is 0. The third-order valence-electron chi connectivity index (χ3n) is 3.33. The molecule has 0 aliphatic heterocycles. The number of hydrogen-bond donors (Lipinski definition) is 1. The fourth-order valence-electron chi connectivity index (χ4n) is 2.25. The molecule has 0 saturated carbocycles. The standard InChI is InChI=1S/C17H13FN2O5/c18-11-4-3-5-12(8-11)19-15(21)10-24-16(22)9-20-13-6-1-2-7-14(13)25-17(20)23/h1-8H,9-10H2,(H,19,21). The molecule has 0 fully saturated rings. The van der Waals surface area contributed by atoms with Crippen LogP contribution in [0.5, 0.6) is 0 Å². The van der Waals surface area contributed by atoms with E-state index >= 15 is 0 Å². The van der Waals surface area contributed by atoms with E-state index in [-0.39, 0.29) is 12.2 Å². The lowest BCUT2D eigenvalue weighted by molar-refractivity contribution is -0.147. The molecule has 1 heterocycles. The maximum Gasteiger partial charge on any atom is 0.420 e. The number of oxazole rings is 1. The second-order valence-corrected chi connectivity index (χ2v) is 5.14. The molecule has 1 aromatic heterocycles. The van der Waals surface area contributed by atoms with Gasteiger partial charge >= 0.3 is 11.7 Å². The number of anilines is 1. The van der Waals surface area contributed by atoms with E-state index in [1.54, 1.807) is 24.3 Å². The topological polar surface area (TPSA) is 90.5 Å². The van der Waals surface area contributed by atoms with Gasteiger partial charge in [-0.2, -0.15) is 0 Å². The van der Waals surface area contributed by atoms with Crippen LogP contribution in [0.15, 0.2) is 57.7 Å². The summed E-state index contributed by atoms with van der Waals surface area (Å²) in [5.41, 5.74) is 1.05. The van der Waals surface area contributed by atoms with Gasteiger partial charge in [0.1, 0.15) is 12.4 Å². The Hall–Kier alpha value is -3.42. The van der Waals surface area contributed by atoms with Crippen LogP contribution in [0.25, 0.3) is 11.1 Å². The Morgan fingerprint density at radius 3 is 2.76 bits per heavy atom. The number of amides is 1. The van der Waals surface area contributed by atoms with E-state index in [2.05, 4.69) is 5.32 Å². The monoisotopic (exact) mass is 344 g/mol. The Morgan fingerprint density at radius 2 is 1.96 bits per heavy atom. The van der Waals surface area contributed by atoms with Gasteiger partial charge in [0.05, 0.1) is 5.52 Å². The molecule has 3 aromatic rings. The SMILES string of the molecule is O=C(COC(=O)Cn1c(=O)oc2ccccc21)Nc1cccc(F)c1. The lowest BCUT2D eigenvalue weighted by Crippen LogP contribution is -2.25. The van der Waals surface area contributed by atoms with E-state index in [0.717, 1.165) is 10.6 Å². The number of ether oxygens (including phenoxy) is 1. The minimum atomic E-state index is -0.775. The van der Waals surface area contributed by atoms with Gasteiger partial charge in [-0.1, -0.05) is 18.2 Å². The van der Waals surface area contributed by atoms with Crippen molar-refractivity contribution in [3.8, 4) is 0 Å². The number of hydrogen-bond acceptors (Lipinski definition) is 5. The van der Waals surface area contributed by atoms with Crippen molar-refractivity contribution in [2.75, 3.05) is 11.9 Å². The second kappa shape index (κ2) is 7.00. The van der Waals surface area contributed by atoms with Gasteiger partial charge < -0.3 is 14.5 Å². The number of aromatic nitrogens is 1. The molecule has 0 spiro atoms. The Kier molecular flexibility index (Phi) is 4.60. The quantitative estimate of drug-likeness (QED) is 0.714. The number of carbonyl (C=O) groups is 2. The predicted molar refractivity (Wildman–Crippen MR) is 86.5 cm³/mol. The van der Waals surface area contributed by atoms with Crippen LogP contribution in [0, 0.1) is 5.82 Å². The zero-order valence-corrected chi connectivity index (χ0v) is 12.9. The van der Waals surface area contributed by atoms with Crippen molar-refractivity contribution in [1.29, 1.82) is 0 Å². The fraction of sp³-hybridized carbons (Fsp3) is 0.118. The average molecular weight is 344 g/mol. The number of nitrogens with zero attached hydrogens (tertiary/aromatic N) is 1. The van der Waals surface area contributed by atoms with Crippen molar-refractivity contribution in [2.24, 2.45) is 0 Å². The number of halogens is 1. The van der Waals surface area contributed by atoms with Gasteiger partial charge in [0, 0.05) is 5.69 Å². The number of carbonyl (C=O) groups excluding carboxylic acids is 2. The Labute approximate surface area is 140 Å². The molecule has 1 N–H and O–H groups in total. The fourth-order valence-corrected chi connectivity index (χ4v) is 2.25. The van der Waals surface area contributed by atoms with E-state index in [1.807, 2.05) is 0 Å². The summed E-state index contributed by atoms with van der Waals surface area (Å²) in [5.74, 6) is -2.59. The minimum Gasteiger partial charge on any atom is -0.454 e. The normalized spacial score (nSPS) is 10.6. The van der Waals surface area contributed by atoms with Crippen molar-refractivity contribution in [1.82, 2.24) is 4.57 Å². The molecule has 7 nitrogen and oxygen atoms in total. The summed E-state index contributed by atoms with van der Waals surface area (Å²) in [5, 5.41) is 2.39. The average Bonchev–Trinajstić information content (AvgIpc) is 2.89. The molecule has 25 heavy (non-hydrogen) atoms. The zero-order chi connectivity index (χ0) is 17.8. The first-order chi connectivity index (χ1) is 12.0. The highest BCUT2D eigenvalue weighted by Gasteiger charge is 2.14. The van der Waals surface area contributed by atoms with E-state index in [1.165, 1.54) is 18.2 Å². The number of rotatable bonds is 5. The van der Waals surface area contributed by atoms with Crippen LogP contribution < -0.4 is 11.1 Å². The van der Waals surface area contributed by atoms with E-state index in [9.17, 15) is 18.8 Å². The third-order valence-corrected chi connectivity index (χ3v) is 3.33. The lowest BCUT2D eigenvalue weighted by Gasteiger charge is -2.07. The summed E-state index contributed by atoms with van der Waals surface area (Å²) < 4.78 is 24.0. The number of benzene rings is 2. The second-order valence-electron chi connectivity index (χ2n) is 5.14. The van der Waals surface area contributed by atoms with Crippen LogP contribution in [0.4, 0.5) is 10.1 Å². The molecule has 128 valence electrons. The Morgan fingerprint density at radius 1 is 1.16 bits per heavy atom. The molecule has 0 aliphatic rings. The van der Waals surface area contributed by atoms with Crippen molar-refractivity contribution in [3.05, 3.63) is 64.9 Å². The maximum absolute atomic E-state index is 13.0. The van der Waals surface area contributed by atoms with Crippen LogP contribution in [0.3, 0.4) is 0 Å². The Balaban J connectivity index is 1.58. The molecule has 0 aliphatic carbocycles. The highest BCUT2D eigenvalue weighted by Crippen LogP contribution is 2.12. The van der Waals surface area contributed by atoms with Crippen molar-refractivity contribution in [3.63, 3.8) is 0 Å². The number of fused-ring (bicyclic) bond motifs is 1. The molecule has 0 bridgehead atoms. The predicted octanol–water partition coefficient (Wildman–Crippen LogP) is 1.92. The summed E-state index contributed by atoms with van der Waals surface area (Å²) in [6.45, 7) is -0.941. The number of esters is 1. The number of para-hydroxylation sites is 2. The Bertz CT molecular complexity index is 992. The van der Waals surface area contributed by atoms with Crippen molar-refractivity contribution >= 4 is 28.7 Å². The van der Waals surface area contributed by atoms with Crippen LogP contribution in [-0.4, -0.2) is 23.1 Å². The highest BCUT2D eigenvalue weighted by atomic mass is 19.1. The van der Waals surface area contributed by atoms with E-state index < -0.39 is 30.1 Å². The smallest absolute Gasteiger partial charge is 0.420 e. The van der Waals surface area contributed by atoms with Gasteiger partial charge in [-0.25, -0.2) is 9.18 Å². The van der Waals surface area contributed by atoms with Gasteiger partial charge in [-0.05, 0) is 30.3 Å². The van der Waals surface area contributed by atoms with E-state index in [4.69, 9.17) is 9.15 Å². The molecule has 0 saturated heterocycles. The van der Waals surface area contributed by atoms with Gasteiger partial charge in [0.15, 0.2) is 12.2 Å². The van der Waals surface area contributed by atoms with E-state index in [0.29, 0.717) is 11.1 Å². The summed E-state index contributed by atoms with van der Waals surface area (Å²) in [6, 6.07) is 11.9. The first-order valence-corrected chi connectivity index (χ1v) is 7.32. The largest absolute Gasteiger partial charge is 0.454 e. The molecule has 1 amide bonds. The molecule has 2 aromatic carbocycles. The highest BCUT2D eigenvalue weighted by molar-refractivity contribution is 5.92. The van der Waals surface area contributed by atoms with Gasteiger partial charge in [0.2, 0.25) is 0 Å². The summed E-state index contributed by atoms with van der Waals surface area (Å²) >= 11 is 0. The molecule has 0 atom stereocenters. The minimum absolute atomic E-state index is 0.248. The van der Waals surface area contributed by atoms with Crippen LogP contribution >= 0.6 is 0 Å². The van der Waals surface area contributed by atoms with Crippen LogP contribution in [0.1, 0.15) is 0 Å². The molecule has 3 rings (SSSR count).